The van der Waals surface area contributed by atoms with Crippen LogP contribution in [0.25, 0.3) is 111 Å². The van der Waals surface area contributed by atoms with Gasteiger partial charge >= 0.3 is 0 Å². The summed E-state index contributed by atoms with van der Waals surface area (Å²) in [6, 6.07) is 72.8. The van der Waals surface area contributed by atoms with Crippen molar-refractivity contribution in [3.05, 3.63) is 206 Å². The fourth-order valence-corrected chi connectivity index (χ4v) is 8.13. The van der Waals surface area contributed by atoms with Crippen molar-refractivity contribution >= 4 is 43.5 Å². The van der Waals surface area contributed by atoms with Crippen LogP contribution in [0.2, 0.25) is 0 Å². The van der Waals surface area contributed by atoms with E-state index >= 15 is 0 Å². The summed E-state index contributed by atoms with van der Waals surface area (Å²) < 4.78 is 6.67. The number of benzene rings is 9. The van der Waals surface area contributed by atoms with Crippen LogP contribution in [-0.2, 0) is 0 Å². The van der Waals surface area contributed by atoms with Crippen LogP contribution < -0.4 is 0 Å². The smallest absolute Gasteiger partial charge is 0.160 e. The van der Waals surface area contributed by atoms with E-state index in [0.29, 0.717) is 5.82 Å². The molecule has 0 spiro atoms. The largest absolute Gasteiger partial charge is 0.455 e. The van der Waals surface area contributed by atoms with Gasteiger partial charge in [0.25, 0.3) is 0 Å². The summed E-state index contributed by atoms with van der Waals surface area (Å²) in [7, 11) is 0. The zero-order valence-electron chi connectivity index (χ0n) is 30.9. The van der Waals surface area contributed by atoms with E-state index in [1.54, 1.807) is 0 Å². The zero-order valence-corrected chi connectivity index (χ0v) is 30.9. The zero-order chi connectivity index (χ0) is 37.7. The maximum Gasteiger partial charge on any atom is 0.160 e. The topological polar surface area (TPSA) is 38.9 Å². The van der Waals surface area contributed by atoms with Crippen LogP contribution in [0, 0.1) is 0 Å². The van der Waals surface area contributed by atoms with E-state index in [1.165, 1.54) is 32.8 Å². The predicted octanol–water partition coefficient (Wildman–Crippen LogP) is 14.7. The Morgan fingerprint density at radius 1 is 0.298 bits per heavy atom. The molecule has 0 radical (unpaired) electrons. The minimum Gasteiger partial charge on any atom is -0.455 e. The molecule has 0 saturated heterocycles. The van der Waals surface area contributed by atoms with Gasteiger partial charge in [-0.3, -0.25) is 0 Å². The maximum absolute atomic E-state index is 6.67. The Bertz CT molecular complexity index is 3200. The fraction of sp³-hybridized carbons (Fsp3) is 0. The second-order valence-corrected chi connectivity index (χ2v) is 14.6. The van der Waals surface area contributed by atoms with E-state index in [-0.39, 0.29) is 0 Å². The highest BCUT2D eigenvalue weighted by Crippen LogP contribution is 2.41. The van der Waals surface area contributed by atoms with Gasteiger partial charge in [0.1, 0.15) is 11.2 Å². The maximum atomic E-state index is 6.67. The molecule has 11 rings (SSSR count). The van der Waals surface area contributed by atoms with Gasteiger partial charge in [-0.15, -0.1) is 0 Å². The van der Waals surface area contributed by atoms with Crippen LogP contribution in [0.4, 0.5) is 0 Å². The van der Waals surface area contributed by atoms with Gasteiger partial charge in [-0.1, -0.05) is 176 Å². The number of hydrogen-bond donors (Lipinski definition) is 0. The molecule has 0 fully saturated rings. The summed E-state index contributed by atoms with van der Waals surface area (Å²) in [6.45, 7) is 0. The van der Waals surface area contributed by atoms with Crippen LogP contribution in [0.15, 0.2) is 211 Å². The Hall–Kier alpha value is -7.62. The molecular formula is C54H34N2O. The Morgan fingerprint density at radius 2 is 0.825 bits per heavy atom. The fourth-order valence-electron chi connectivity index (χ4n) is 8.13. The Kier molecular flexibility index (Phi) is 7.82. The van der Waals surface area contributed by atoms with Crippen LogP contribution >= 0.6 is 0 Å². The van der Waals surface area contributed by atoms with Crippen LogP contribution in [0.5, 0.6) is 0 Å². The van der Waals surface area contributed by atoms with E-state index in [9.17, 15) is 0 Å². The number of nitrogens with zero attached hydrogens (tertiary/aromatic N) is 2. The van der Waals surface area contributed by atoms with Gasteiger partial charge in [0.2, 0.25) is 0 Å². The van der Waals surface area contributed by atoms with Crippen molar-refractivity contribution in [2.24, 2.45) is 0 Å². The second-order valence-electron chi connectivity index (χ2n) is 14.6. The van der Waals surface area contributed by atoms with Crippen molar-refractivity contribution in [1.82, 2.24) is 9.97 Å². The first-order chi connectivity index (χ1) is 28.2. The lowest BCUT2D eigenvalue weighted by molar-refractivity contribution is 0.673. The molecule has 3 nitrogen and oxygen atoms in total. The molecule has 0 aliphatic rings. The highest BCUT2D eigenvalue weighted by molar-refractivity contribution is 6.19. The van der Waals surface area contributed by atoms with E-state index in [1.807, 2.05) is 36.4 Å². The first-order valence-electron chi connectivity index (χ1n) is 19.3. The van der Waals surface area contributed by atoms with E-state index in [0.717, 1.165) is 72.1 Å². The highest BCUT2D eigenvalue weighted by atomic mass is 16.3. The van der Waals surface area contributed by atoms with Crippen LogP contribution in [-0.4, -0.2) is 9.97 Å². The standard InChI is InChI=1S/C54H34N2O/c1-3-12-39(13-4-1)50-34-51(56-54(55-50)41-14-5-2-6-15-41)40-26-21-37(22-27-40)36-19-24-38(25-20-36)48-33-49-46-30-29-44(43-28-23-35-11-7-8-16-42(35)31-43)32-52(46)57-53(49)47-18-10-9-17-45(47)48/h1-34H. The highest BCUT2D eigenvalue weighted by Gasteiger charge is 2.16. The van der Waals surface area contributed by atoms with E-state index < -0.39 is 0 Å². The van der Waals surface area contributed by atoms with Crippen molar-refractivity contribution < 1.29 is 4.42 Å². The van der Waals surface area contributed by atoms with Crippen molar-refractivity contribution in [3.63, 3.8) is 0 Å². The van der Waals surface area contributed by atoms with Gasteiger partial charge in [0, 0.05) is 32.8 Å². The summed E-state index contributed by atoms with van der Waals surface area (Å²) in [5.41, 5.74) is 13.7. The minimum atomic E-state index is 0.714. The molecule has 266 valence electrons. The summed E-state index contributed by atoms with van der Waals surface area (Å²) >= 11 is 0. The normalized spacial score (nSPS) is 11.5. The molecule has 0 aliphatic carbocycles. The number of rotatable bonds is 6. The lowest BCUT2D eigenvalue weighted by Crippen LogP contribution is -1.95. The average Bonchev–Trinajstić information content (AvgIpc) is 3.67. The molecule has 0 atom stereocenters. The van der Waals surface area contributed by atoms with Crippen molar-refractivity contribution in [3.8, 4) is 67.3 Å². The summed E-state index contributed by atoms with van der Waals surface area (Å²) in [5.74, 6) is 0.714. The molecule has 0 aliphatic heterocycles. The molecule has 0 bridgehead atoms. The Labute approximate surface area is 330 Å². The molecule has 2 aromatic heterocycles. The molecule has 57 heavy (non-hydrogen) atoms. The molecule has 0 saturated carbocycles. The quantitative estimate of drug-likeness (QED) is 0.171. The summed E-state index contributed by atoms with van der Waals surface area (Å²) in [6.07, 6.45) is 0. The molecule has 9 aromatic carbocycles. The molecule has 0 unspecified atom stereocenters. The lowest BCUT2D eigenvalue weighted by Gasteiger charge is -2.11. The third-order valence-corrected chi connectivity index (χ3v) is 11.1. The number of fused-ring (bicyclic) bond motifs is 6. The molecule has 2 heterocycles. The second kappa shape index (κ2) is 13.6. The Morgan fingerprint density at radius 3 is 1.54 bits per heavy atom. The molecule has 0 N–H and O–H groups in total. The van der Waals surface area contributed by atoms with Gasteiger partial charge < -0.3 is 4.42 Å². The number of furan rings is 1. The van der Waals surface area contributed by atoms with Gasteiger partial charge in [-0.05, 0) is 79.9 Å². The van der Waals surface area contributed by atoms with Crippen molar-refractivity contribution in [1.29, 1.82) is 0 Å². The number of aromatic nitrogens is 2. The first kappa shape index (κ1) is 32.8. The SMILES string of the molecule is c1ccc(-c2cc(-c3ccc(-c4ccc(-c5cc6c7ccc(-c8ccc9ccccc9c8)cc7oc6c6ccccc56)cc4)cc3)nc(-c3ccccc3)n2)cc1. The van der Waals surface area contributed by atoms with Gasteiger partial charge in [0.05, 0.1) is 11.4 Å². The molecular weight excluding hydrogens is 693 g/mol. The van der Waals surface area contributed by atoms with Crippen molar-refractivity contribution in [2.45, 2.75) is 0 Å². The minimum absolute atomic E-state index is 0.714. The van der Waals surface area contributed by atoms with E-state index in [2.05, 4.69) is 170 Å². The summed E-state index contributed by atoms with van der Waals surface area (Å²) in [5, 5.41) is 7.00. The third kappa shape index (κ3) is 5.94. The van der Waals surface area contributed by atoms with Gasteiger partial charge in [-0.2, -0.15) is 0 Å². The molecule has 3 heteroatoms. The van der Waals surface area contributed by atoms with Crippen LogP contribution in [0.1, 0.15) is 0 Å². The Balaban J connectivity index is 0.932. The third-order valence-electron chi connectivity index (χ3n) is 11.1. The molecule has 0 amide bonds. The van der Waals surface area contributed by atoms with E-state index in [4.69, 9.17) is 14.4 Å². The lowest BCUT2D eigenvalue weighted by atomic mass is 9.93. The summed E-state index contributed by atoms with van der Waals surface area (Å²) in [4.78, 5) is 9.97. The predicted molar refractivity (Wildman–Crippen MR) is 237 cm³/mol. The van der Waals surface area contributed by atoms with Gasteiger partial charge in [0.15, 0.2) is 5.82 Å². The van der Waals surface area contributed by atoms with Gasteiger partial charge in [-0.25, -0.2) is 9.97 Å². The molecule has 11 aromatic rings. The van der Waals surface area contributed by atoms with Crippen LogP contribution in [0.3, 0.4) is 0 Å². The average molecular weight is 727 g/mol. The number of hydrogen-bond acceptors (Lipinski definition) is 3. The first-order valence-corrected chi connectivity index (χ1v) is 19.3. The van der Waals surface area contributed by atoms with Crippen molar-refractivity contribution in [2.75, 3.05) is 0 Å². The monoisotopic (exact) mass is 726 g/mol.